The summed E-state index contributed by atoms with van der Waals surface area (Å²) in [7, 11) is 0. The molecule has 0 saturated heterocycles. The van der Waals surface area contributed by atoms with E-state index in [-0.39, 0.29) is 6.54 Å². The standard InChI is InChI=1S/C14H20N2O3/c1-10-5-7-11(8-6-10)15-13(19)16(9-12(17)18)14(2,3)4/h5-8H,9H2,1-4H3,(H,15,19)(H,17,18). The number of benzene rings is 1. The first-order valence-electron chi connectivity index (χ1n) is 6.07. The molecule has 0 atom stereocenters. The molecule has 0 unspecified atom stereocenters. The highest BCUT2D eigenvalue weighted by atomic mass is 16.4. The zero-order valence-electron chi connectivity index (χ0n) is 11.7. The summed E-state index contributed by atoms with van der Waals surface area (Å²) in [4.78, 5) is 24.3. The highest BCUT2D eigenvalue weighted by Crippen LogP contribution is 2.16. The van der Waals surface area contributed by atoms with Crippen molar-refractivity contribution in [3.63, 3.8) is 0 Å². The summed E-state index contributed by atoms with van der Waals surface area (Å²) in [6, 6.07) is 6.92. The van der Waals surface area contributed by atoms with Gasteiger partial charge in [0, 0.05) is 11.2 Å². The van der Waals surface area contributed by atoms with E-state index >= 15 is 0 Å². The van der Waals surface area contributed by atoms with Crippen LogP contribution in [0, 0.1) is 6.92 Å². The van der Waals surface area contributed by atoms with Crippen molar-refractivity contribution in [2.24, 2.45) is 0 Å². The van der Waals surface area contributed by atoms with Crippen LogP contribution < -0.4 is 5.32 Å². The van der Waals surface area contributed by atoms with Crippen LogP contribution in [0.2, 0.25) is 0 Å². The van der Waals surface area contributed by atoms with Gasteiger partial charge in [-0.05, 0) is 39.8 Å². The van der Waals surface area contributed by atoms with Crippen molar-refractivity contribution in [1.82, 2.24) is 4.90 Å². The van der Waals surface area contributed by atoms with Gasteiger partial charge in [0.15, 0.2) is 0 Å². The normalized spacial score (nSPS) is 10.9. The Labute approximate surface area is 113 Å². The minimum atomic E-state index is -1.03. The van der Waals surface area contributed by atoms with Crippen molar-refractivity contribution >= 4 is 17.7 Å². The molecule has 0 fully saturated rings. The Hall–Kier alpha value is -2.04. The minimum absolute atomic E-state index is 0.332. The van der Waals surface area contributed by atoms with Crippen LogP contribution >= 0.6 is 0 Å². The summed E-state index contributed by atoms with van der Waals surface area (Å²) < 4.78 is 0. The molecule has 0 bridgehead atoms. The van der Waals surface area contributed by atoms with Crippen molar-refractivity contribution in [3.8, 4) is 0 Å². The fourth-order valence-corrected chi connectivity index (χ4v) is 1.58. The van der Waals surface area contributed by atoms with Crippen molar-refractivity contribution in [2.75, 3.05) is 11.9 Å². The Kier molecular flexibility index (Phi) is 4.53. The van der Waals surface area contributed by atoms with Crippen molar-refractivity contribution in [2.45, 2.75) is 33.2 Å². The summed E-state index contributed by atoms with van der Waals surface area (Å²) in [5.74, 6) is -1.03. The number of hydrogen-bond acceptors (Lipinski definition) is 2. The molecular weight excluding hydrogens is 244 g/mol. The zero-order valence-corrected chi connectivity index (χ0v) is 11.7. The highest BCUT2D eigenvalue weighted by molar-refractivity contribution is 5.91. The number of amides is 2. The molecule has 2 amide bonds. The molecule has 1 aromatic carbocycles. The smallest absolute Gasteiger partial charge is 0.323 e. The van der Waals surface area contributed by atoms with Crippen molar-refractivity contribution in [3.05, 3.63) is 29.8 Å². The third kappa shape index (κ3) is 4.62. The van der Waals surface area contributed by atoms with Gasteiger partial charge in [0.25, 0.3) is 0 Å². The first kappa shape index (κ1) is 15.0. The Morgan fingerprint density at radius 1 is 1.21 bits per heavy atom. The predicted octanol–water partition coefficient (Wildman–Crippen LogP) is 2.71. The number of nitrogens with zero attached hydrogens (tertiary/aromatic N) is 1. The van der Waals surface area contributed by atoms with Crippen LogP contribution in [-0.4, -0.2) is 34.1 Å². The van der Waals surface area contributed by atoms with Crippen LogP contribution in [0.3, 0.4) is 0 Å². The maximum Gasteiger partial charge on any atom is 0.323 e. The topological polar surface area (TPSA) is 69.6 Å². The van der Waals surface area contributed by atoms with E-state index in [0.717, 1.165) is 5.56 Å². The molecule has 1 aromatic rings. The van der Waals surface area contributed by atoms with Crippen LogP contribution in [0.25, 0.3) is 0 Å². The molecule has 2 N–H and O–H groups in total. The monoisotopic (exact) mass is 264 g/mol. The number of carbonyl (C=O) groups excluding carboxylic acids is 1. The quantitative estimate of drug-likeness (QED) is 0.881. The van der Waals surface area contributed by atoms with Crippen LogP contribution in [0.1, 0.15) is 26.3 Å². The summed E-state index contributed by atoms with van der Waals surface area (Å²) in [5.41, 5.74) is 1.18. The molecule has 0 heterocycles. The third-order valence-corrected chi connectivity index (χ3v) is 2.65. The lowest BCUT2D eigenvalue weighted by Crippen LogP contribution is -2.50. The van der Waals surface area contributed by atoms with Gasteiger partial charge in [0.05, 0.1) is 0 Å². The molecule has 1 rings (SSSR count). The van der Waals surface area contributed by atoms with E-state index in [1.54, 1.807) is 32.9 Å². The minimum Gasteiger partial charge on any atom is -0.480 e. The molecule has 0 saturated carbocycles. The number of aryl methyl sites for hydroxylation is 1. The van der Waals surface area contributed by atoms with Gasteiger partial charge >= 0.3 is 12.0 Å². The Bertz CT molecular complexity index is 461. The molecule has 19 heavy (non-hydrogen) atoms. The Morgan fingerprint density at radius 2 is 1.74 bits per heavy atom. The number of hydrogen-bond donors (Lipinski definition) is 2. The van der Waals surface area contributed by atoms with Gasteiger partial charge in [-0.1, -0.05) is 17.7 Å². The lowest BCUT2D eigenvalue weighted by Gasteiger charge is -2.34. The SMILES string of the molecule is Cc1ccc(NC(=O)N(CC(=O)O)C(C)(C)C)cc1. The van der Waals surface area contributed by atoms with Crippen LogP contribution in [0.4, 0.5) is 10.5 Å². The number of urea groups is 1. The number of carbonyl (C=O) groups is 2. The second kappa shape index (κ2) is 5.73. The van der Waals surface area contributed by atoms with Gasteiger partial charge in [-0.3, -0.25) is 4.79 Å². The fourth-order valence-electron chi connectivity index (χ4n) is 1.58. The summed E-state index contributed by atoms with van der Waals surface area (Å²) >= 11 is 0. The summed E-state index contributed by atoms with van der Waals surface area (Å²) in [5, 5.41) is 11.6. The van der Waals surface area contributed by atoms with Gasteiger partial charge in [0.2, 0.25) is 0 Å². The lowest BCUT2D eigenvalue weighted by atomic mass is 10.1. The fraction of sp³-hybridized carbons (Fsp3) is 0.429. The van der Waals surface area contributed by atoms with E-state index in [2.05, 4.69) is 5.32 Å². The van der Waals surface area contributed by atoms with Crippen LogP contribution in [0.15, 0.2) is 24.3 Å². The number of anilines is 1. The van der Waals surface area contributed by atoms with Crippen LogP contribution in [-0.2, 0) is 4.79 Å². The van der Waals surface area contributed by atoms with E-state index in [1.165, 1.54) is 4.90 Å². The maximum atomic E-state index is 12.1. The molecule has 5 heteroatoms. The van der Waals surface area contributed by atoms with Crippen molar-refractivity contribution in [1.29, 1.82) is 0 Å². The zero-order chi connectivity index (χ0) is 14.6. The predicted molar refractivity (Wildman–Crippen MR) is 74.3 cm³/mol. The third-order valence-electron chi connectivity index (χ3n) is 2.65. The van der Waals surface area contributed by atoms with Crippen molar-refractivity contribution < 1.29 is 14.7 Å². The average molecular weight is 264 g/mol. The van der Waals surface area contributed by atoms with Gasteiger partial charge < -0.3 is 15.3 Å². The van der Waals surface area contributed by atoms with Crippen LogP contribution in [0.5, 0.6) is 0 Å². The van der Waals surface area contributed by atoms with E-state index < -0.39 is 17.5 Å². The number of carboxylic acid groups (broad SMARTS) is 1. The lowest BCUT2D eigenvalue weighted by molar-refractivity contribution is -0.138. The average Bonchev–Trinajstić information content (AvgIpc) is 2.27. The first-order valence-corrected chi connectivity index (χ1v) is 6.07. The van der Waals surface area contributed by atoms with Gasteiger partial charge in [0.1, 0.15) is 6.54 Å². The molecule has 0 aliphatic carbocycles. The van der Waals surface area contributed by atoms with Gasteiger partial charge in [-0.2, -0.15) is 0 Å². The summed E-state index contributed by atoms with van der Waals surface area (Å²) in [6.07, 6.45) is 0. The molecule has 104 valence electrons. The highest BCUT2D eigenvalue weighted by Gasteiger charge is 2.28. The number of nitrogens with one attached hydrogen (secondary N) is 1. The molecule has 0 radical (unpaired) electrons. The number of aliphatic carboxylic acids is 1. The Balaban J connectivity index is 2.82. The molecule has 0 aliphatic heterocycles. The number of carboxylic acids is 1. The second-order valence-corrected chi connectivity index (χ2v) is 5.45. The number of rotatable bonds is 3. The molecule has 0 aromatic heterocycles. The molecular formula is C14H20N2O3. The van der Waals surface area contributed by atoms with E-state index in [0.29, 0.717) is 5.69 Å². The van der Waals surface area contributed by atoms with E-state index in [9.17, 15) is 9.59 Å². The van der Waals surface area contributed by atoms with E-state index in [4.69, 9.17) is 5.11 Å². The molecule has 0 aliphatic rings. The van der Waals surface area contributed by atoms with E-state index in [1.807, 2.05) is 19.1 Å². The Morgan fingerprint density at radius 3 is 2.16 bits per heavy atom. The maximum absolute atomic E-state index is 12.1. The van der Waals surface area contributed by atoms with Gasteiger partial charge in [-0.25, -0.2) is 4.79 Å². The first-order chi connectivity index (χ1) is 8.70. The molecule has 5 nitrogen and oxygen atoms in total. The largest absolute Gasteiger partial charge is 0.480 e. The van der Waals surface area contributed by atoms with Gasteiger partial charge in [-0.15, -0.1) is 0 Å². The summed E-state index contributed by atoms with van der Waals surface area (Å²) in [6.45, 7) is 7.01. The second-order valence-electron chi connectivity index (χ2n) is 5.45. The molecule has 0 spiro atoms.